The van der Waals surface area contributed by atoms with E-state index in [9.17, 15) is 9.50 Å². The van der Waals surface area contributed by atoms with E-state index in [4.69, 9.17) is 27.9 Å². The molecule has 1 N–H and O–H groups in total. The van der Waals surface area contributed by atoms with Crippen LogP contribution < -0.4 is 4.74 Å². The van der Waals surface area contributed by atoms with Crippen molar-refractivity contribution in [2.45, 2.75) is 10.9 Å². The SMILES string of the molecule is COc1cc(Br)cc(C(O)C(Cl)Cl)c1F. The normalized spacial score (nSPS) is 13.0. The molecule has 0 aromatic heterocycles. The first-order chi connectivity index (χ1) is 6.97. The van der Waals surface area contributed by atoms with Crippen LogP contribution in [-0.2, 0) is 0 Å². The lowest BCUT2D eigenvalue weighted by Gasteiger charge is -2.14. The molecule has 1 atom stereocenters. The second kappa shape index (κ2) is 5.34. The van der Waals surface area contributed by atoms with Crippen molar-refractivity contribution in [1.82, 2.24) is 0 Å². The smallest absolute Gasteiger partial charge is 0.171 e. The van der Waals surface area contributed by atoms with Crippen molar-refractivity contribution in [3.63, 3.8) is 0 Å². The van der Waals surface area contributed by atoms with Gasteiger partial charge in [0, 0.05) is 10.0 Å². The van der Waals surface area contributed by atoms with E-state index in [0.29, 0.717) is 4.47 Å². The van der Waals surface area contributed by atoms with Crippen molar-refractivity contribution in [3.05, 3.63) is 28.0 Å². The van der Waals surface area contributed by atoms with Crippen LogP contribution in [0.1, 0.15) is 11.7 Å². The average molecular weight is 318 g/mol. The quantitative estimate of drug-likeness (QED) is 0.865. The zero-order valence-electron chi connectivity index (χ0n) is 7.68. The van der Waals surface area contributed by atoms with Gasteiger partial charge in [-0.3, -0.25) is 0 Å². The van der Waals surface area contributed by atoms with Gasteiger partial charge in [-0.1, -0.05) is 15.9 Å². The number of rotatable bonds is 3. The van der Waals surface area contributed by atoms with E-state index in [1.54, 1.807) is 0 Å². The summed E-state index contributed by atoms with van der Waals surface area (Å²) in [6.45, 7) is 0. The molecule has 0 aliphatic rings. The highest BCUT2D eigenvalue weighted by Crippen LogP contribution is 2.33. The van der Waals surface area contributed by atoms with Gasteiger partial charge in [0.1, 0.15) is 10.9 Å². The number of benzene rings is 1. The minimum absolute atomic E-state index is 0.00350. The maximum absolute atomic E-state index is 13.6. The molecule has 0 radical (unpaired) electrons. The van der Waals surface area contributed by atoms with Crippen LogP contribution in [0.2, 0.25) is 0 Å². The van der Waals surface area contributed by atoms with Gasteiger partial charge >= 0.3 is 0 Å². The van der Waals surface area contributed by atoms with Crippen LogP contribution in [0.15, 0.2) is 16.6 Å². The summed E-state index contributed by atoms with van der Waals surface area (Å²) < 4.78 is 19.0. The van der Waals surface area contributed by atoms with Gasteiger partial charge in [-0.05, 0) is 12.1 Å². The molecule has 6 heteroatoms. The van der Waals surface area contributed by atoms with Crippen molar-refractivity contribution < 1.29 is 14.2 Å². The molecule has 0 saturated carbocycles. The molecular formula is C9H8BrCl2FO2. The standard InChI is InChI=1S/C9H8BrCl2FO2/c1-15-6-3-4(10)2-5(7(6)13)8(14)9(11)12/h2-3,8-9,14H,1H3. The molecule has 0 bridgehead atoms. The van der Waals surface area contributed by atoms with Crippen molar-refractivity contribution in [2.75, 3.05) is 7.11 Å². The maximum Gasteiger partial charge on any atom is 0.171 e. The van der Waals surface area contributed by atoms with E-state index >= 15 is 0 Å². The zero-order valence-corrected chi connectivity index (χ0v) is 10.8. The summed E-state index contributed by atoms with van der Waals surface area (Å²) in [5.74, 6) is -0.646. The summed E-state index contributed by atoms with van der Waals surface area (Å²) in [5, 5.41) is 9.54. The van der Waals surface area contributed by atoms with Crippen molar-refractivity contribution in [3.8, 4) is 5.75 Å². The number of aliphatic hydroxyl groups is 1. The minimum Gasteiger partial charge on any atom is -0.494 e. The van der Waals surface area contributed by atoms with Crippen LogP contribution >= 0.6 is 39.1 Å². The van der Waals surface area contributed by atoms with Gasteiger partial charge in [-0.25, -0.2) is 4.39 Å². The lowest BCUT2D eigenvalue weighted by atomic mass is 10.1. The Labute approximate surface area is 105 Å². The Balaban J connectivity index is 3.22. The Bertz CT molecular complexity index is 360. The molecule has 0 amide bonds. The van der Waals surface area contributed by atoms with Crippen LogP contribution in [0.25, 0.3) is 0 Å². The Kier molecular flexibility index (Phi) is 4.64. The topological polar surface area (TPSA) is 29.5 Å². The highest BCUT2D eigenvalue weighted by molar-refractivity contribution is 9.10. The minimum atomic E-state index is -1.29. The summed E-state index contributed by atoms with van der Waals surface area (Å²) in [4.78, 5) is -1.10. The average Bonchev–Trinajstić information content (AvgIpc) is 2.19. The summed E-state index contributed by atoms with van der Waals surface area (Å²) in [5.41, 5.74) is -0.00350. The molecule has 0 fully saturated rings. The summed E-state index contributed by atoms with van der Waals surface area (Å²) >= 11 is 14.1. The van der Waals surface area contributed by atoms with Gasteiger partial charge in [0.15, 0.2) is 11.6 Å². The van der Waals surface area contributed by atoms with Gasteiger partial charge in [0.2, 0.25) is 0 Å². The van der Waals surface area contributed by atoms with Crippen molar-refractivity contribution in [2.24, 2.45) is 0 Å². The van der Waals surface area contributed by atoms with Crippen LogP contribution in [0, 0.1) is 5.82 Å². The fourth-order valence-electron chi connectivity index (χ4n) is 1.08. The van der Waals surface area contributed by atoms with Gasteiger partial charge in [-0.15, -0.1) is 23.2 Å². The van der Waals surface area contributed by atoms with Gasteiger partial charge in [-0.2, -0.15) is 0 Å². The zero-order chi connectivity index (χ0) is 11.6. The first kappa shape index (κ1) is 13.0. The molecule has 1 aromatic rings. The summed E-state index contributed by atoms with van der Waals surface area (Å²) in [6.07, 6.45) is -1.29. The van der Waals surface area contributed by atoms with Crippen LogP contribution in [0.4, 0.5) is 4.39 Å². The highest BCUT2D eigenvalue weighted by Gasteiger charge is 2.22. The lowest BCUT2D eigenvalue weighted by molar-refractivity contribution is 0.186. The van der Waals surface area contributed by atoms with E-state index in [-0.39, 0.29) is 11.3 Å². The van der Waals surface area contributed by atoms with Gasteiger partial charge < -0.3 is 9.84 Å². The van der Waals surface area contributed by atoms with Crippen molar-refractivity contribution in [1.29, 1.82) is 0 Å². The monoisotopic (exact) mass is 316 g/mol. The highest BCUT2D eigenvalue weighted by atomic mass is 79.9. The number of hydrogen-bond donors (Lipinski definition) is 1. The van der Waals surface area contributed by atoms with E-state index < -0.39 is 16.8 Å². The predicted molar refractivity (Wildman–Crippen MR) is 61.1 cm³/mol. The fourth-order valence-corrected chi connectivity index (χ4v) is 1.81. The molecular weight excluding hydrogens is 310 g/mol. The molecule has 0 aliphatic heterocycles. The van der Waals surface area contributed by atoms with E-state index in [0.717, 1.165) is 0 Å². The van der Waals surface area contributed by atoms with Crippen LogP contribution in [0.3, 0.4) is 0 Å². The van der Waals surface area contributed by atoms with Crippen LogP contribution in [-0.4, -0.2) is 17.1 Å². The lowest BCUT2D eigenvalue weighted by Crippen LogP contribution is -2.09. The van der Waals surface area contributed by atoms with Crippen LogP contribution in [0.5, 0.6) is 5.75 Å². The van der Waals surface area contributed by atoms with E-state index in [1.807, 2.05) is 0 Å². The number of halogens is 4. The number of aliphatic hydroxyl groups excluding tert-OH is 1. The third kappa shape index (κ3) is 2.97. The first-order valence-electron chi connectivity index (χ1n) is 3.96. The first-order valence-corrected chi connectivity index (χ1v) is 5.63. The largest absolute Gasteiger partial charge is 0.494 e. The second-order valence-electron chi connectivity index (χ2n) is 2.79. The molecule has 2 nitrogen and oxygen atoms in total. The third-order valence-corrected chi connectivity index (χ3v) is 2.74. The summed E-state index contributed by atoms with van der Waals surface area (Å²) in [6, 6.07) is 2.85. The molecule has 1 unspecified atom stereocenters. The molecule has 1 rings (SSSR count). The third-order valence-electron chi connectivity index (χ3n) is 1.81. The number of methoxy groups -OCH3 is 1. The molecule has 15 heavy (non-hydrogen) atoms. The van der Waals surface area contributed by atoms with E-state index in [2.05, 4.69) is 15.9 Å². The molecule has 0 saturated heterocycles. The molecule has 1 aromatic carbocycles. The molecule has 0 spiro atoms. The predicted octanol–water partition coefficient (Wildman–Crippen LogP) is 3.43. The van der Waals surface area contributed by atoms with E-state index in [1.165, 1.54) is 19.2 Å². The number of hydrogen-bond acceptors (Lipinski definition) is 2. The Morgan fingerprint density at radius 2 is 2.07 bits per heavy atom. The molecule has 0 heterocycles. The molecule has 0 aliphatic carbocycles. The number of ether oxygens (including phenoxy) is 1. The molecule has 84 valence electrons. The van der Waals surface area contributed by atoms with Gasteiger partial charge in [0.05, 0.1) is 7.11 Å². The van der Waals surface area contributed by atoms with Crippen molar-refractivity contribution >= 4 is 39.1 Å². The number of alkyl halides is 2. The maximum atomic E-state index is 13.6. The fraction of sp³-hybridized carbons (Fsp3) is 0.333. The Morgan fingerprint density at radius 3 is 2.53 bits per heavy atom. The Morgan fingerprint density at radius 1 is 1.47 bits per heavy atom. The summed E-state index contributed by atoms with van der Waals surface area (Å²) in [7, 11) is 1.33. The van der Waals surface area contributed by atoms with Gasteiger partial charge in [0.25, 0.3) is 0 Å². The Hall–Kier alpha value is -0.0300. The second-order valence-corrected chi connectivity index (χ2v) is 4.87.